The second-order valence-electron chi connectivity index (χ2n) is 8.40. The first-order valence-electron chi connectivity index (χ1n) is 10.5. The number of fused-ring (bicyclic) bond motifs is 2. The van der Waals surface area contributed by atoms with Crippen LogP contribution in [0.1, 0.15) is 62.8 Å². The number of nitrogens with zero attached hydrogens (tertiary/aromatic N) is 2. The molecule has 0 N–H and O–H groups in total. The van der Waals surface area contributed by atoms with E-state index in [2.05, 4.69) is 44.8 Å². The number of hydrogen-bond donors (Lipinski definition) is 0. The Morgan fingerprint density at radius 3 is 2.23 bits per heavy atom. The molecule has 0 unspecified atom stereocenters. The molecule has 2 heterocycles. The largest absolute Gasteiger partial charge is 0.481 e. The van der Waals surface area contributed by atoms with Gasteiger partial charge in [0, 0.05) is 16.3 Å². The van der Waals surface area contributed by atoms with Gasteiger partial charge in [0.15, 0.2) is 0 Å². The van der Waals surface area contributed by atoms with Crippen LogP contribution in [-0.2, 0) is 0 Å². The van der Waals surface area contributed by atoms with Crippen molar-refractivity contribution in [1.29, 1.82) is 0 Å². The molecule has 2 aromatic heterocycles. The molecule has 4 rings (SSSR count). The fourth-order valence-electron chi connectivity index (χ4n) is 4.28. The normalized spacial score (nSPS) is 11.9. The smallest absolute Gasteiger partial charge is 0.280 e. The van der Waals surface area contributed by atoms with Crippen molar-refractivity contribution in [1.82, 2.24) is 9.97 Å². The van der Waals surface area contributed by atoms with Crippen LogP contribution in [0.15, 0.2) is 48.5 Å². The third-order valence-electron chi connectivity index (χ3n) is 5.70. The van der Waals surface area contributed by atoms with E-state index in [-0.39, 0.29) is 11.6 Å². The van der Waals surface area contributed by atoms with Crippen molar-refractivity contribution < 1.29 is 13.5 Å². The van der Waals surface area contributed by atoms with E-state index in [0.717, 1.165) is 33.0 Å². The Balaban J connectivity index is 2.03. The van der Waals surface area contributed by atoms with Crippen LogP contribution in [0.4, 0.5) is 8.78 Å². The van der Waals surface area contributed by atoms with Crippen LogP contribution < -0.4 is 4.74 Å². The van der Waals surface area contributed by atoms with Gasteiger partial charge in [-0.25, -0.2) is 18.7 Å². The Morgan fingerprint density at radius 1 is 0.806 bits per heavy atom. The second kappa shape index (κ2) is 8.22. The highest BCUT2D eigenvalue weighted by atomic mass is 19.3. The van der Waals surface area contributed by atoms with Gasteiger partial charge in [0.2, 0.25) is 5.88 Å². The summed E-state index contributed by atoms with van der Waals surface area (Å²) >= 11 is 0. The zero-order valence-electron chi connectivity index (χ0n) is 18.4. The number of pyridine rings is 2. The molecule has 4 aromatic rings. The lowest BCUT2D eigenvalue weighted by molar-refractivity contribution is 0.146. The van der Waals surface area contributed by atoms with Crippen LogP contribution in [0.2, 0.25) is 0 Å². The molecule has 31 heavy (non-hydrogen) atoms. The fourth-order valence-corrected chi connectivity index (χ4v) is 4.28. The molecule has 0 spiro atoms. The van der Waals surface area contributed by atoms with Gasteiger partial charge in [0.1, 0.15) is 5.69 Å². The lowest BCUT2D eigenvalue weighted by Crippen LogP contribution is -2.01. The number of hydrogen-bond acceptors (Lipinski definition) is 3. The highest BCUT2D eigenvalue weighted by Gasteiger charge is 2.19. The van der Waals surface area contributed by atoms with Crippen LogP contribution >= 0.6 is 0 Å². The van der Waals surface area contributed by atoms with Crippen molar-refractivity contribution >= 4 is 21.7 Å². The van der Waals surface area contributed by atoms with E-state index in [1.165, 1.54) is 11.6 Å². The lowest BCUT2D eigenvalue weighted by atomic mass is 9.89. The number of benzene rings is 2. The average molecular weight is 421 g/mol. The molecule has 3 nitrogen and oxygen atoms in total. The molecule has 0 saturated heterocycles. The third-order valence-corrected chi connectivity index (χ3v) is 5.70. The van der Waals surface area contributed by atoms with E-state index >= 15 is 0 Å². The average Bonchev–Trinajstić information content (AvgIpc) is 2.76. The molecule has 0 fully saturated rings. The minimum Gasteiger partial charge on any atom is -0.481 e. The number of halogens is 2. The standard InChI is InChI=1S/C26H26F2N2O/c1-14(2)16-7-6-8-17-20(16)13-23(30-26(17)31-5)19-9-11-21-18(24(19)15(3)4)10-12-22(29-21)25(27)28/h6-15,25H,1-5H3. The molecule has 0 amide bonds. The van der Waals surface area contributed by atoms with Gasteiger partial charge in [-0.3, -0.25) is 0 Å². The van der Waals surface area contributed by atoms with Gasteiger partial charge < -0.3 is 4.74 Å². The SMILES string of the molecule is COc1nc(-c2ccc3nc(C(F)F)ccc3c2C(C)C)cc2c(C(C)C)cccc12. The predicted octanol–water partition coefficient (Wildman–Crippen LogP) is 7.64. The number of methoxy groups -OCH3 is 1. The van der Waals surface area contributed by atoms with Gasteiger partial charge in [-0.1, -0.05) is 52.0 Å². The molecule has 0 bridgehead atoms. The quantitative estimate of drug-likeness (QED) is 0.333. The van der Waals surface area contributed by atoms with Crippen molar-refractivity contribution in [3.8, 4) is 17.1 Å². The van der Waals surface area contributed by atoms with E-state index in [9.17, 15) is 8.78 Å². The molecule has 0 aliphatic carbocycles. The Hall–Kier alpha value is -3.08. The van der Waals surface area contributed by atoms with E-state index in [1.807, 2.05) is 18.2 Å². The summed E-state index contributed by atoms with van der Waals surface area (Å²) in [5, 5.41) is 2.96. The third kappa shape index (κ3) is 3.73. The maximum absolute atomic E-state index is 13.1. The summed E-state index contributed by atoms with van der Waals surface area (Å²) < 4.78 is 31.9. The van der Waals surface area contributed by atoms with Crippen LogP contribution in [0.25, 0.3) is 32.9 Å². The Morgan fingerprint density at radius 2 is 1.58 bits per heavy atom. The molecule has 0 radical (unpaired) electrons. The zero-order chi connectivity index (χ0) is 22.3. The molecular formula is C26H26F2N2O. The van der Waals surface area contributed by atoms with Crippen LogP contribution in [0, 0.1) is 0 Å². The first-order valence-corrected chi connectivity index (χ1v) is 10.5. The number of alkyl halides is 2. The van der Waals surface area contributed by atoms with Gasteiger partial charge in [-0.15, -0.1) is 0 Å². The van der Waals surface area contributed by atoms with Gasteiger partial charge in [0.05, 0.1) is 18.3 Å². The van der Waals surface area contributed by atoms with Crippen LogP contribution in [-0.4, -0.2) is 17.1 Å². The number of aromatic nitrogens is 2. The molecule has 2 aromatic carbocycles. The van der Waals surface area contributed by atoms with Gasteiger partial charge in [-0.2, -0.15) is 0 Å². The summed E-state index contributed by atoms with van der Waals surface area (Å²) in [5.41, 5.74) is 4.41. The van der Waals surface area contributed by atoms with E-state index in [0.29, 0.717) is 17.3 Å². The molecule has 0 saturated carbocycles. The van der Waals surface area contributed by atoms with Crippen LogP contribution in [0.3, 0.4) is 0 Å². The lowest BCUT2D eigenvalue weighted by Gasteiger charge is -2.18. The maximum Gasteiger partial charge on any atom is 0.280 e. The Labute approximate surface area is 181 Å². The summed E-state index contributed by atoms with van der Waals surface area (Å²) in [5.74, 6) is 1.08. The predicted molar refractivity (Wildman–Crippen MR) is 122 cm³/mol. The monoisotopic (exact) mass is 420 g/mol. The molecule has 0 atom stereocenters. The first kappa shape index (κ1) is 21.2. The number of rotatable bonds is 5. The van der Waals surface area contributed by atoms with Crippen molar-refractivity contribution in [2.45, 2.75) is 46.0 Å². The van der Waals surface area contributed by atoms with Gasteiger partial charge in [-0.05, 0) is 52.6 Å². The maximum atomic E-state index is 13.1. The van der Waals surface area contributed by atoms with Gasteiger partial charge in [0.25, 0.3) is 6.43 Å². The molecule has 5 heteroatoms. The summed E-state index contributed by atoms with van der Waals surface area (Å²) in [7, 11) is 1.63. The highest BCUT2D eigenvalue weighted by molar-refractivity contribution is 5.95. The van der Waals surface area contributed by atoms with Crippen molar-refractivity contribution in [3.05, 3.63) is 65.4 Å². The van der Waals surface area contributed by atoms with Crippen molar-refractivity contribution in [2.24, 2.45) is 0 Å². The van der Waals surface area contributed by atoms with E-state index in [4.69, 9.17) is 9.72 Å². The summed E-state index contributed by atoms with van der Waals surface area (Å²) in [6.45, 7) is 8.53. The van der Waals surface area contributed by atoms with Gasteiger partial charge >= 0.3 is 0 Å². The summed E-state index contributed by atoms with van der Waals surface area (Å²) in [4.78, 5) is 9.00. The Kier molecular flexibility index (Phi) is 5.61. The highest BCUT2D eigenvalue weighted by Crippen LogP contribution is 2.39. The second-order valence-corrected chi connectivity index (χ2v) is 8.40. The number of ether oxygens (including phenoxy) is 1. The van der Waals surface area contributed by atoms with E-state index < -0.39 is 6.43 Å². The topological polar surface area (TPSA) is 35.0 Å². The van der Waals surface area contributed by atoms with Crippen LogP contribution in [0.5, 0.6) is 5.88 Å². The van der Waals surface area contributed by atoms with E-state index in [1.54, 1.807) is 19.2 Å². The summed E-state index contributed by atoms with van der Waals surface area (Å²) in [6.07, 6.45) is -2.59. The molecular weight excluding hydrogens is 394 g/mol. The molecule has 0 aliphatic heterocycles. The minimum atomic E-state index is -2.59. The molecule has 160 valence electrons. The molecule has 0 aliphatic rings. The fraction of sp³-hybridized carbons (Fsp3) is 0.308. The first-order chi connectivity index (χ1) is 14.8. The Bertz CT molecular complexity index is 1270. The zero-order valence-corrected chi connectivity index (χ0v) is 18.4. The summed E-state index contributed by atoms with van der Waals surface area (Å²) in [6, 6.07) is 15.2. The minimum absolute atomic E-state index is 0.154. The van der Waals surface area contributed by atoms with Crippen molar-refractivity contribution in [3.63, 3.8) is 0 Å². The van der Waals surface area contributed by atoms with Crippen molar-refractivity contribution in [2.75, 3.05) is 7.11 Å².